The number of hydrogen-bond donors (Lipinski definition) is 2. The van der Waals surface area contributed by atoms with E-state index in [2.05, 4.69) is 42.7 Å². The van der Waals surface area contributed by atoms with Gasteiger partial charge < -0.3 is 10.6 Å². The molecule has 1 atom stereocenters. The van der Waals surface area contributed by atoms with Gasteiger partial charge in [-0.05, 0) is 50.3 Å². The molecule has 100 valence electrons. The Balaban J connectivity index is 1.85. The molecular formula is C16H26N2. The Morgan fingerprint density at radius 3 is 2.94 bits per heavy atom. The molecule has 1 aliphatic heterocycles. The maximum atomic E-state index is 3.64. The van der Waals surface area contributed by atoms with E-state index in [9.17, 15) is 0 Å². The van der Waals surface area contributed by atoms with Crippen LogP contribution >= 0.6 is 0 Å². The molecule has 1 aromatic carbocycles. The monoisotopic (exact) mass is 246 g/mol. The van der Waals surface area contributed by atoms with Crippen LogP contribution in [0.15, 0.2) is 18.2 Å². The van der Waals surface area contributed by atoms with Gasteiger partial charge in [-0.2, -0.15) is 0 Å². The molecule has 1 aromatic rings. The molecule has 2 N–H and O–H groups in total. The van der Waals surface area contributed by atoms with Crippen LogP contribution in [-0.4, -0.2) is 19.1 Å². The van der Waals surface area contributed by atoms with Gasteiger partial charge in [0.1, 0.15) is 0 Å². The third-order valence-electron chi connectivity index (χ3n) is 3.95. The van der Waals surface area contributed by atoms with Crippen molar-refractivity contribution in [2.75, 3.05) is 18.4 Å². The van der Waals surface area contributed by atoms with E-state index >= 15 is 0 Å². The molecule has 1 fully saturated rings. The Bertz CT molecular complexity index is 367. The highest BCUT2D eigenvalue weighted by molar-refractivity contribution is 5.57. The number of rotatable bonds is 5. The Morgan fingerprint density at radius 2 is 2.22 bits per heavy atom. The van der Waals surface area contributed by atoms with Gasteiger partial charge in [0.2, 0.25) is 0 Å². The van der Waals surface area contributed by atoms with Gasteiger partial charge in [-0.3, -0.25) is 0 Å². The van der Waals surface area contributed by atoms with E-state index in [0.29, 0.717) is 0 Å². The number of hydrogen-bond acceptors (Lipinski definition) is 2. The molecule has 2 nitrogen and oxygen atoms in total. The zero-order chi connectivity index (χ0) is 12.8. The van der Waals surface area contributed by atoms with E-state index in [0.717, 1.165) is 19.0 Å². The largest absolute Gasteiger partial charge is 0.385 e. The van der Waals surface area contributed by atoms with Gasteiger partial charge in [0.15, 0.2) is 0 Å². The molecule has 1 unspecified atom stereocenters. The van der Waals surface area contributed by atoms with E-state index in [-0.39, 0.29) is 0 Å². The second kappa shape index (κ2) is 6.79. The minimum Gasteiger partial charge on any atom is -0.385 e. The van der Waals surface area contributed by atoms with Crippen molar-refractivity contribution in [3.8, 4) is 0 Å². The maximum absolute atomic E-state index is 3.64. The number of aryl methyl sites for hydroxylation is 2. The molecule has 1 heterocycles. The van der Waals surface area contributed by atoms with Crippen LogP contribution in [0.2, 0.25) is 0 Å². The van der Waals surface area contributed by atoms with Crippen LogP contribution in [0.5, 0.6) is 0 Å². The van der Waals surface area contributed by atoms with E-state index in [1.165, 1.54) is 49.0 Å². The zero-order valence-electron chi connectivity index (χ0n) is 11.8. The lowest BCUT2D eigenvalue weighted by molar-refractivity contribution is 0.389. The van der Waals surface area contributed by atoms with Crippen LogP contribution in [0, 0.1) is 6.92 Å². The molecule has 0 aliphatic carbocycles. The molecule has 0 saturated carbocycles. The summed E-state index contributed by atoms with van der Waals surface area (Å²) < 4.78 is 0. The first-order valence-corrected chi connectivity index (χ1v) is 7.37. The Kier molecular flexibility index (Phi) is 5.06. The summed E-state index contributed by atoms with van der Waals surface area (Å²) in [4.78, 5) is 0. The summed E-state index contributed by atoms with van der Waals surface area (Å²) in [7, 11) is 0. The average Bonchev–Trinajstić information content (AvgIpc) is 2.41. The molecular weight excluding hydrogens is 220 g/mol. The zero-order valence-corrected chi connectivity index (χ0v) is 11.8. The number of benzene rings is 1. The van der Waals surface area contributed by atoms with Crippen LogP contribution in [0.3, 0.4) is 0 Å². The standard InChI is InChI=1S/C16H26N2/c1-3-14-8-6-7-13(2)16(14)18-12-10-15-9-4-5-11-17-15/h6-8,15,17-18H,3-5,9-12H2,1-2H3. The first-order valence-electron chi connectivity index (χ1n) is 7.37. The van der Waals surface area contributed by atoms with Gasteiger partial charge >= 0.3 is 0 Å². The highest BCUT2D eigenvalue weighted by Crippen LogP contribution is 2.21. The van der Waals surface area contributed by atoms with Crippen LogP contribution in [0.25, 0.3) is 0 Å². The summed E-state index contributed by atoms with van der Waals surface area (Å²) in [5.41, 5.74) is 4.16. The van der Waals surface area contributed by atoms with E-state index in [1.807, 2.05) is 0 Å². The van der Waals surface area contributed by atoms with Crippen molar-refractivity contribution in [1.29, 1.82) is 0 Å². The fourth-order valence-corrected chi connectivity index (χ4v) is 2.82. The molecule has 0 spiro atoms. The molecule has 1 saturated heterocycles. The van der Waals surface area contributed by atoms with Gasteiger partial charge in [-0.15, -0.1) is 0 Å². The highest BCUT2D eigenvalue weighted by Gasteiger charge is 2.12. The van der Waals surface area contributed by atoms with Gasteiger partial charge in [0.25, 0.3) is 0 Å². The first kappa shape index (κ1) is 13.4. The number of para-hydroxylation sites is 1. The Morgan fingerprint density at radius 1 is 1.33 bits per heavy atom. The second-order valence-corrected chi connectivity index (χ2v) is 5.32. The third-order valence-corrected chi connectivity index (χ3v) is 3.95. The molecule has 1 aliphatic rings. The van der Waals surface area contributed by atoms with Crippen molar-refractivity contribution in [2.45, 2.75) is 52.0 Å². The van der Waals surface area contributed by atoms with Crippen molar-refractivity contribution in [3.63, 3.8) is 0 Å². The molecule has 0 bridgehead atoms. The topological polar surface area (TPSA) is 24.1 Å². The predicted molar refractivity (Wildman–Crippen MR) is 79.3 cm³/mol. The number of nitrogens with one attached hydrogen (secondary N) is 2. The second-order valence-electron chi connectivity index (χ2n) is 5.32. The molecule has 0 amide bonds. The van der Waals surface area contributed by atoms with Crippen molar-refractivity contribution in [1.82, 2.24) is 5.32 Å². The normalized spacial score (nSPS) is 19.8. The van der Waals surface area contributed by atoms with Gasteiger partial charge in [0, 0.05) is 18.3 Å². The maximum Gasteiger partial charge on any atom is 0.0402 e. The summed E-state index contributed by atoms with van der Waals surface area (Å²) >= 11 is 0. The van der Waals surface area contributed by atoms with Gasteiger partial charge in [0.05, 0.1) is 0 Å². The summed E-state index contributed by atoms with van der Waals surface area (Å²) in [6.07, 6.45) is 6.42. The van der Waals surface area contributed by atoms with Crippen molar-refractivity contribution >= 4 is 5.69 Å². The summed E-state index contributed by atoms with van der Waals surface area (Å²) in [6, 6.07) is 7.30. The van der Waals surface area contributed by atoms with E-state index in [4.69, 9.17) is 0 Å². The summed E-state index contributed by atoms with van der Waals surface area (Å²) in [5, 5.41) is 7.25. The highest BCUT2D eigenvalue weighted by atomic mass is 14.9. The Labute approximate surface area is 111 Å². The fraction of sp³-hybridized carbons (Fsp3) is 0.625. The minimum atomic E-state index is 0.723. The number of piperidine rings is 1. The third kappa shape index (κ3) is 3.49. The SMILES string of the molecule is CCc1cccc(C)c1NCCC1CCCCN1. The average molecular weight is 246 g/mol. The molecule has 2 heteroatoms. The molecule has 0 radical (unpaired) electrons. The molecule has 2 rings (SSSR count). The molecule has 0 aromatic heterocycles. The minimum absolute atomic E-state index is 0.723. The summed E-state index contributed by atoms with van der Waals surface area (Å²) in [6.45, 7) is 6.70. The van der Waals surface area contributed by atoms with E-state index in [1.54, 1.807) is 0 Å². The Hall–Kier alpha value is -1.02. The van der Waals surface area contributed by atoms with Crippen molar-refractivity contribution < 1.29 is 0 Å². The van der Waals surface area contributed by atoms with Crippen LogP contribution < -0.4 is 10.6 Å². The number of anilines is 1. The van der Waals surface area contributed by atoms with Gasteiger partial charge in [-0.25, -0.2) is 0 Å². The van der Waals surface area contributed by atoms with E-state index < -0.39 is 0 Å². The lowest BCUT2D eigenvalue weighted by atomic mass is 10.0. The predicted octanol–water partition coefficient (Wildman–Crippen LogP) is 3.50. The van der Waals surface area contributed by atoms with Gasteiger partial charge in [-0.1, -0.05) is 31.5 Å². The lowest BCUT2D eigenvalue weighted by Crippen LogP contribution is -2.35. The quantitative estimate of drug-likeness (QED) is 0.831. The van der Waals surface area contributed by atoms with Crippen LogP contribution in [-0.2, 0) is 6.42 Å². The van der Waals surface area contributed by atoms with Crippen molar-refractivity contribution in [2.24, 2.45) is 0 Å². The lowest BCUT2D eigenvalue weighted by Gasteiger charge is -2.24. The molecule has 18 heavy (non-hydrogen) atoms. The first-order chi connectivity index (χ1) is 8.81. The smallest absolute Gasteiger partial charge is 0.0402 e. The van der Waals surface area contributed by atoms with Crippen LogP contribution in [0.4, 0.5) is 5.69 Å². The fourth-order valence-electron chi connectivity index (χ4n) is 2.82. The summed E-state index contributed by atoms with van der Waals surface area (Å²) in [5.74, 6) is 0. The van der Waals surface area contributed by atoms with Crippen LogP contribution in [0.1, 0.15) is 43.7 Å². The van der Waals surface area contributed by atoms with Crippen molar-refractivity contribution in [3.05, 3.63) is 29.3 Å².